The summed E-state index contributed by atoms with van der Waals surface area (Å²) in [7, 11) is 1.62. The quantitative estimate of drug-likeness (QED) is 0.593. The third-order valence-corrected chi connectivity index (χ3v) is 0.734. The molecule has 43 valence electrons. The molecule has 1 radical (unpaired) electrons. The van der Waals surface area contributed by atoms with Gasteiger partial charge in [-0.25, -0.2) is 5.26 Å². The van der Waals surface area contributed by atoms with Crippen LogP contribution < -0.4 is 0 Å². The first kappa shape index (κ1) is 11.4. The Morgan fingerprint density at radius 3 is 2.38 bits per heavy atom. The maximum absolute atomic E-state index is 8.14. The third kappa shape index (κ3) is 4.71. The smallest absolute Gasteiger partial charge is 0.0403 e. The monoisotopic (exact) mass is 185 g/mol. The second-order valence-corrected chi connectivity index (χ2v) is 1.19. The minimum Gasteiger partial charge on any atom is -0.652 e. The number of nitrogens with zero attached hydrogens (tertiary/aromatic N) is 2. The van der Waals surface area contributed by atoms with Gasteiger partial charge >= 0.3 is 0 Å². The van der Waals surface area contributed by atoms with Crippen molar-refractivity contribution in [3.05, 3.63) is 12.2 Å². The molecule has 0 aromatic rings. The van der Waals surface area contributed by atoms with Crippen LogP contribution in [0.25, 0.3) is 5.32 Å². The standard InChI is InChI=1S/C5H8N2.Y/c1-3-5(4-6)7-2;/h5H,1,3H2,2H3;/q-2;/t5-;/m0./s1. The van der Waals surface area contributed by atoms with Crippen molar-refractivity contribution in [1.29, 1.82) is 5.26 Å². The van der Waals surface area contributed by atoms with E-state index < -0.39 is 0 Å². The summed E-state index contributed by atoms with van der Waals surface area (Å²) < 4.78 is 0. The molecule has 0 unspecified atom stereocenters. The molecule has 0 spiro atoms. The predicted octanol–water partition coefficient (Wildman–Crippen LogP) is 1.10. The summed E-state index contributed by atoms with van der Waals surface area (Å²) in [4.78, 5) is 0. The van der Waals surface area contributed by atoms with Gasteiger partial charge in [0.15, 0.2) is 0 Å². The second kappa shape index (κ2) is 7.55. The average molecular weight is 185 g/mol. The van der Waals surface area contributed by atoms with Gasteiger partial charge in [-0.15, -0.1) is 0 Å². The fraction of sp³-hybridized carbons (Fsp3) is 0.600. The summed E-state index contributed by atoms with van der Waals surface area (Å²) in [5.74, 6) is 0. The van der Waals surface area contributed by atoms with Crippen LogP contribution in [0, 0.1) is 18.3 Å². The number of rotatable bonds is 2. The maximum Gasteiger partial charge on any atom is 0.0403 e. The zero-order valence-electron chi connectivity index (χ0n) is 4.96. The molecule has 1 atom stereocenters. The van der Waals surface area contributed by atoms with Crippen LogP contribution >= 0.6 is 0 Å². The van der Waals surface area contributed by atoms with Crippen LogP contribution in [0.3, 0.4) is 0 Å². The average Bonchev–Trinajstić information content (AvgIpc) is 1.72. The third-order valence-electron chi connectivity index (χ3n) is 0.734. The first-order chi connectivity index (χ1) is 3.35. The molecule has 0 N–H and O–H groups in total. The fourth-order valence-corrected chi connectivity index (χ4v) is 0.251. The van der Waals surface area contributed by atoms with Crippen LogP contribution in [0.1, 0.15) is 6.42 Å². The van der Waals surface area contributed by atoms with Gasteiger partial charge in [0.05, 0.1) is 0 Å². The normalized spacial score (nSPS) is 11.1. The molecule has 0 aromatic heterocycles. The van der Waals surface area contributed by atoms with E-state index in [2.05, 4.69) is 12.2 Å². The van der Waals surface area contributed by atoms with E-state index in [0.29, 0.717) is 6.42 Å². The van der Waals surface area contributed by atoms with Crippen molar-refractivity contribution in [2.24, 2.45) is 0 Å². The van der Waals surface area contributed by atoms with Crippen molar-refractivity contribution in [3.63, 3.8) is 0 Å². The van der Waals surface area contributed by atoms with Gasteiger partial charge in [0, 0.05) is 38.8 Å². The van der Waals surface area contributed by atoms with Gasteiger partial charge in [-0.05, 0) is 0 Å². The molecule has 0 aliphatic carbocycles. The summed E-state index contributed by atoms with van der Waals surface area (Å²) in [5.41, 5.74) is 0. The molecule has 3 heteroatoms. The SMILES string of the molecule is [CH2-]C[C@@H](C#N)[N-]C.[Y]. The van der Waals surface area contributed by atoms with E-state index in [4.69, 9.17) is 5.26 Å². The Hall–Kier alpha value is 0.554. The van der Waals surface area contributed by atoms with Crippen molar-refractivity contribution in [3.8, 4) is 6.07 Å². The van der Waals surface area contributed by atoms with Gasteiger partial charge in [-0.2, -0.15) is 13.5 Å². The summed E-state index contributed by atoms with van der Waals surface area (Å²) >= 11 is 0. The van der Waals surface area contributed by atoms with Crippen LogP contribution in [0.15, 0.2) is 0 Å². The number of hydrogen-bond acceptors (Lipinski definition) is 1. The first-order valence-corrected chi connectivity index (χ1v) is 2.13. The summed E-state index contributed by atoms with van der Waals surface area (Å²) in [6, 6.07) is 1.78. The molecule has 0 saturated carbocycles. The zero-order valence-corrected chi connectivity index (χ0v) is 7.80. The Bertz CT molecular complexity index is 73.0. The molecular formula is C5H8N2Y-2. The summed E-state index contributed by atoms with van der Waals surface area (Å²) in [6.45, 7) is 3.51. The Morgan fingerprint density at radius 2 is 2.38 bits per heavy atom. The molecule has 0 aromatic carbocycles. The molecule has 0 amide bonds. The van der Waals surface area contributed by atoms with Gasteiger partial charge in [-0.3, -0.25) is 0 Å². The predicted molar refractivity (Wildman–Crippen MR) is 28.7 cm³/mol. The molecule has 0 aliphatic heterocycles. The van der Waals surface area contributed by atoms with E-state index in [1.54, 1.807) is 7.05 Å². The molecule has 2 nitrogen and oxygen atoms in total. The summed E-state index contributed by atoms with van der Waals surface area (Å²) in [6.07, 6.45) is 0.576. The van der Waals surface area contributed by atoms with Crippen LogP contribution in [0.2, 0.25) is 0 Å². The number of hydrogen-bond donors (Lipinski definition) is 0. The van der Waals surface area contributed by atoms with Crippen molar-refractivity contribution < 1.29 is 32.7 Å². The van der Waals surface area contributed by atoms with Crippen LogP contribution in [-0.4, -0.2) is 13.1 Å². The molecule has 0 bridgehead atoms. The van der Waals surface area contributed by atoms with Crippen LogP contribution in [0.5, 0.6) is 0 Å². The zero-order chi connectivity index (χ0) is 5.70. The van der Waals surface area contributed by atoms with Gasteiger partial charge in [0.1, 0.15) is 0 Å². The maximum atomic E-state index is 8.14. The fourth-order valence-electron chi connectivity index (χ4n) is 0.251. The largest absolute Gasteiger partial charge is 0.652 e. The van der Waals surface area contributed by atoms with Crippen molar-refractivity contribution in [2.75, 3.05) is 7.05 Å². The molecule has 0 aliphatic rings. The molecule has 0 rings (SSSR count). The molecule has 8 heavy (non-hydrogen) atoms. The summed E-state index contributed by atoms with van der Waals surface area (Å²) in [5, 5.41) is 11.8. The minimum atomic E-state index is -0.194. The van der Waals surface area contributed by atoms with Gasteiger partial charge < -0.3 is 12.2 Å². The van der Waals surface area contributed by atoms with Crippen LogP contribution in [-0.2, 0) is 32.7 Å². The van der Waals surface area contributed by atoms with E-state index >= 15 is 0 Å². The van der Waals surface area contributed by atoms with Gasteiger partial charge in [0.2, 0.25) is 0 Å². The van der Waals surface area contributed by atoms with Gasteiger partial charge in [0.25, 0.3) is 0 Å². The van der Waals surface area contributed by atoms with Crippen molar-refractivity contribution in [1.82, 2.24) is 0 Å². The number of nitriles is 1. The Labute approximate surface area is 75.5 Å². The van der Waals surface area contributed by atoms with Crippen LogP contribution in [0.4, 0.5) is 0 Å². The van der Waals surface area contributed by atoms with Crippen molar-refractivity contribution in [2.45, 2.75) is 12.5 Å². The van der Waals surface area contributed by atoms with Crippen molar-refractivity contribution >= 4 is 0 Å². The van der Waals surface area contributed by atoms with E-state index in [0.717, 1.165) is 0 Å². The Morgan fingerprint density at radius 1 is 1.88 bits per heavy atom. The first-order valence-electron chi connectivity index (χ1n) is 2.13. The van der Waals surface area contributed by atoms with E-state index in [1.807, 2.05) is 6.07 Å². The van der Waals surface area contributed by atoms with E-state index in [9.17, 15) is 0 Å². The molecule has 0 heterocycles. The molecule has 0 saturated heterocycles. The Balaban J connectivity index is 0. The van der Waals surface area contributed by atoms with Gasteiger partial charge in [-0.1, -0.05) is 6.04 Å². The van der Waals surface area contributed by atoms with E-state index in [-0.39, 0.29) is 38.8 Å². The van der Waals surface area contributed by atoms with E-state index in [1.165, 1.54) is 0 Å². The second-order valence-electron chi connectivity index (χ2n) is 1.19. The molecule has 0 fully saturated rings. The minimum absolute atomic E-state index is 0. The molecular weight excluding hydrogens is 177 g/mol. The topological polar surface area (TPSA) is 37.9 Å². The Kier molecular flexibility index (Phi) is 10.7.